The van der Waals surface area contributed by atoms with Gasteiger partial charge in [-0.15, -0.1) is 0 Å². The maximum atomic E-state index is 8.50. The Bertz CT molecular complexity index is 306. The van der Waals surface area contributed by atoms with E-state index in [4.69, 9.17) is 5.26 Å². The molecule has 1 aromatic heterocycles. The number of aryl methyl sites for hydroxylation is 2. The smallest absolute Gasteiger partial charge is 0.0644 e. The fraction of sp³-hybridized carbons (Fsp3) is 0.556. The van der Waals surface area contributed by atoms with Gasteiger partial charge in [0, 0.05) is 5.69 Å². The molecule has 0 N–H and O–H groups in total. The summed E-state index contributed by atoms with van der Waals surface area (Å²) in [6, 6.07) is 4.35. The van der Waals surface area contributed by atoms with Gasteiger partial charge in [-0.05, 0) is 26.8 Å². The number of aromatic nitrogens is 2. The van der Waals surface area contributed by atoms with Crippen LogP contribution in [0.3, 0.4) is 0 Å². The number of nitriles is 1. The van der Waals surface area contributed by atoms with E-state index in [1.165, 1.54) is 0 Å². The van der Waals surface area contributed by atoms with Gasteiger partial charge < -0.3 is 0 Å². The molecule has 0 saturated heterocycles. The Kier molecular flexibility index (Phi) is 2.49. The average Bonchev–Trinajstić information content (AvgIpc) is 2.30. The third-order valence-corrected chi connectivity index (χ3v) is 1.85. The summed E-state index contributed by atoms with van der Waals surface area (Å²) in [7, 11) is 0. The first-order valence-electron chi connectivity index (χ1n) is 4.05. The summed E-state index contributed by atoms with van der Waals surface area (Å²) in [6.07, 6.45) is 0.516. The average molecular weight is 163 g/mol. The molecule has 1 rings (SSSR count). The van der Waals surface area contributed by atoms with Crippen molar-refractivity contribution in [1.82, 2.24) is 9.78 Å². The molecular formula is C9H13N3. The molecule has 64 valence electrons. The van der Waals surface area contributed by atoms with Gasteiger partial charge in [0.25, 0.3) is 0 Å². The highest BCUT2D eigenvalue weighted by molar-refractivity contribution is 5.07. The zero-order chi connectivity index (χ0) is 9.14. The normalized spacial score (nSPS) is 12.5. The van der Waals surface area contributed by atoms with Gasteiger partial charge in [0.1, 0.15) is 0 Å². The van der Waals surface area contributed by atoms with E-state index < -0.39 is 0 Å². The predicted molar refractivity (Wildman–Crippen MR) is 46.6 cm³/mol. The lowest BCUT2D eigenvalue weighted by atomic mass is 10.2. The summed E-state index contributed by atoms with van der Waals surface area (Å²) in [6.45, 7) is 5.97. The van der Waals surface area contributed by atoms with Gasteiger partial charge in [-0.25, -0.2) is 0 Å². The molecule has 0 aliphatic rings. The van der Waals surface area contributed by atoms with Crippen molar-refractivity contribution in [3.05, 3.63) is 17.5 Å². The molecule has 0 bridgehead atoms. The summed E-state index contributed by atoms with van der Waals surface area (Å²) in [5, 5.41) is 12.8. The second-order valence-corrected chi connectivity index (χ2v) is 3.08. The van der Waals surface area contributed by atoms with Crippen LogP contribution in [0, 0.1) is 25.2 Å². The molecule has 3 heteroatoms. The van der Waals surface area contributed by atoms with Gasteiger partial charge in [-0.3, -0.25) is 4.68 Å². The zero-order valence-corrected chi connectivity index (χ0v) is 7.70. The van der Waals surface area contributed by atoms with Crippen LogP contribution in [-0.2, 0) is 0 Å². The minimum atomic E-state index is 0.184. The monoisotopic (exact) mass is 163 g/mol. The fourth-order valence-corrected chi connectivity index (χ4v) is 1.31. The molecular weight excluding hydrogens is 150 g/mol. The van der Waals surface area contributed by atoms with Crippen LogP contribution >= 0.6 is 0 Å². The largest absolute Gasteiger partial charge is 0.266 e. The minimum Gasteiger partial charge on any atom is -0.266 e. The molecule has 0 radical (unpaired) electrons. The predicted octanol–water partition coefficient (Wildman–Crippen LogP) is 1.97. The Morgan fingerprint density at radius 3 is 2.75 bits per heavy atom. The van der Waals surface area contributed by atoms with E-state index in [2.05, 4.69) is 11.2 Å². The first-order chi connectivity index (χ1) is 5.65. The van der Waals surface area contributed by atoms with E-state index in [1.807, 2.05) is 31.5 Å². The van der Waals surface area contributed by atoms with Crippen molar-refractivity contribution in [1.29, 1.82) is 5.26 Å². The molecule has 0 aliphatic heterocycles. The molecule has 0 aliphatic carbocycles. The molecule has 0 fully saturated rings. The molecule has 0 unspecified atom stereocenters. The lowest BCUT2D eigenvalue weighted by Crippen LogP contribution is -2.07. The van der Waals surface area contributed by atoms with Crippen LogP contribution in [0.1, 0.15) is 30.8 Å². The van der Waals surface area contributed by atoms with E-state index in [0.717, 1.165) is 11.4 Å². The molecule has 0 saturated carbocycles. The maximum absolute atomic E-state index is 8.50. The van der Waals surface area contributed by atoms with Crippen LogP contribution in [-0.4, -0.2) is 9.78 Å². The Morgan fingerprint density at radius 1 is 1.67 bits per heavy atom. The van der Waals surface area contributed by atoms with Crippen molar-refractivity contribution in [3.63, 3.8) is 0 Å². The Hall–Kier alpha value is -1.30. The highest BCUT2D eigenvalue weighted by Gasteiger charge is 2.07. The topological polar surface area (TPSA) is 41.6 Å². The lowest BCUT2D eigenvalue weighted by molar-refractivity contribution is 0.486. The van der Waals surface area contributed by atoms with Crippen LogP contribution < -0.4 is 0 Å². The van der Waals surface area contributed by atoms with Crippen molar-refractivity contribution >= 4 is 0 Å². The van der Waals surface area contributed by atoms with E-state index in [9.17, 15) is 0 Å². The van der Waals surface area contributed by atoms with Crippen LogP contribution in [0.4, 0.5) is 0 Å². The molecule has 12 heavy (non-hydrogen) atoms. The molecule has 1 heterocycles. The summed E-state index contributed by atoms with van der Waals surface area (Å²) >= 11 is 0. The first kappa shape index (κ1) is 8.79. The number of hydrogen-bond acceptors (Lipinski definition) is 2. The fourth-order valence-electron chi connectivity index (χ4n) is 1.31. The maximum Gasteiger partial charge on any atom is 0.0644 e. The van der Waals surface area contributed by atoms with Gasteiger partial charge in [0.05, 0.1) is 24.2 Å². The van der Waals surface area contributed by atoms with E-state index >= 15 is 0 Å². The van der Waals surface area contributed by atoms with Crippen LogP contribution in [0.25, 0.3) is 0 Å². The number of hydrogen-bond donors (Lipinski definition) is 0. The van der Waals surface area contributed by atoms with Gasteiger partial charge in [0.15, 0.2) is 0 Å². The van der Waals surface area contributed by atoms with Crippen molar-refractivity contribution in [2.24, 2.45) is 0 Å². The molecule has 0 aromatic carbocycles. The highest BCUT2D eigenvalue weighted by Crippen LogP contribution is 2.12. The minimum absolute atomic E-state index is 0.184. The standard InChI is InChI=1S/C9H13N3/c1-7-6-9(3)12(11-7)8(2)4-5-10/h6,8H,4H2,1-3H3/t8-/m0/s1. The van der Waals surface area contributed by atoms with Crippen LogP contribution in [0.15, 0.2) is 6.07 Å². The second-order valence-electron chi connectivity index (χ2n) is 3.08. The lowest BCUT2D eigenvalue weighted by Gasteiger charge is -2.09. The van der Waals surface area contributed by atoms with Crippen molar-refractivity contribution in [2.45, 2.75) is 33.2 Å². The van der Waals surface area contributed by atoms with Crippen LogP contribution in [0.5, 0.6) is 0 Å². The third kappa shape index (κ3) is 1.65. The van der Waals surface area contributed by atoms with Crippen LogP contribution in [0.2, 0.25) is 0 Å². The van der Waals surface area contributed by atoms with E-state index in [1.54, 1.807) is 0 Å². The summed E-state index contributed by atoms with van der Waals surface area (Å²) in [4.78, 5) is 0. The molecule has 1 atom stereocenters. The number of nitrogens with zero attached hydrogens (tertiary/aromatic N) is 3. The van der Waals surface area contributed by atoms with Gasteiger partial charge in [-0.1, -0.05) is 0 Å². The van der Waals surface area contributed by atoms with Gasteiger partial charge in [0.2, 0.25) is 0 Å². The number of rotatable bonds is 2. The van der Waals surface area contributed by atoms with Crippen molar-refractivity contribution in [3.8, 4) is 6.07 Å². The zero-order valence-electron chi connectivity index (χ0n) is 7.70. The second kappa shape index (κ2) is 3.40. The summed E-state index contributed by atoms with van der Waals surface area (Å²) < 4.78 is 1.90. The Balaban J connectivity index is 2.88. The Labute approximate surface area is 72.6 Å². The molecule has 1 aromatic rings. The molecule has 0 spiro atoms. The molecule has 3 nitrogen and oxygen atoms in total. The SMILES string of the molecule is Cc1cc(C)n([C@@H](C)CC#N)n1. The van der Waals surface area contributed by atoms with Gasteiger partial charge in [-0.2, -0.15) is 10.4 Å². The summed E-state index contributed by atoms with van der Waals surface area (Å²) in [5.74, 6) is 0. The third-order valence-electron chi connectivity index (χ3n) is 1.85. The van der Waals surface area contributed by atoms with E-state index in [0.29, 0.717) is 6.42 Å². The van der Waals surface area contributed by atoms with Crippen molar-refractivity contribution < 1.29 is 0 Å². The van der Waals surface area contributed by atoms with E-state index in [-0.39, 0.29) is 6.04 Å². The van der Waals surface area contributed by atoms with Gasteiger partial charge >= 0.3 is 0 Å². The highest BCUT2D eigenvalue weighted by atomic mass is 15.3. The first-order valence-corrected chi connectivity index (χ1v) is 4.05. The van der Waals surface area contributed by atoms with Crippen molar-refractivity contribution in [2.75, 3.05) is 0 Å². The Morgan fingerprint density at radius 2 is 2.33 bits per heavy atom. The quantitative estimate of drug-likeness (QED) is 0.668. The molecule has 0 amide bonds. The summed E-state index contributed by atoms with van der Waals surface area (Å²) in [5.41, 5.74) is 2.13.